The number of benzene rings is 1. The van der Waals surface area contributed by atoms with Crippen LogP contribution in [0.25, 0.3) is 0 Å². The Morgan fingerprint density at radius 2 is 2.21 bits per heavy atom. The van der Waals surface area contributed by atoms with E-state index < -0.39 is 17.7 Å². The van der Waals surface area contributed by atoms with Gasteiger partial charge in [0.2, 0.25) is 0 Å². The summed E-state index contributed by atoms with van der Waals surface area (Å²) < 4.78 is 18.1. The second-order valence-electron chi connectivity index (χ2n) is 4.42. The first-order valence-corrected chi connectivity index (χ1v) is 5.88. The van der Waals surface area contributed by atoms with E-state index in [-0.39, 0.29) is 18.2 Å². The zero-order chi connectivity index (χ0) is 14.0. The second kappa shape index (κ2) is 5.26. The van der Waals surface area contributed by atoms with Gasteiger partial charge in [0.1, 0.15) is 0 Å². The standard InChI is InChI=1S/C13H14FNO4/c1-19-11-6-8(2-3-10(11)14)12(16)15-5-4-9(7-15)13(17)18/h2-3,6,9H,4-5,7H2,1H3,(H,17,18). The average molecular weight is 267 g/mol. The van der Waals surface area contributed by atoms with Crippen molar-refractivity contribution in [2.45, 2.75) is 6.42 Å². The van der Waals surface area contributed by atoms with Gasteiger partial charge in [0.05, 0.1) is 13.0 Å². The zero-order valence-corrected chi connectivity index (χ0v) is 10.4. The third-order valence-corrected chi connectivity index (χ3v) is 3.22. The summed E-state index contributed by atoms with van der Waals surface area (Å²) in [6.45, 7) is 0.587. The highest BCUT2D eigenvalue weighted by atomic mass is 19.1. The van der Waals surface area contributed by atoms with Crippen molar-refractivity contribution in [2.75, 3.05) is 20.2 Å². The van der Waals surface area contributed by atoms with Gasteiger partial charge in [0.15, 0.2) is 11.6 Å². The first kappa shape index (κ1) is 13.3. The SMILES string of the molecule is COc1cc(C(=O)N2CCC(C(=O)O)C2)ccc1F. The molecule has 102 valence electrons. The maximum absolute atomic E-state index is 13.3. The van der Waals surface area contributed by atoms with Crippen molar-refractivity contribution < 1.29 is 23.8 Å². The van der Waals surface area contributed by atoms with Crippen LogP contribution < -0.4 is 4.74 Å². The number of ether oxygens (including phenoxy) is 1. The molecule has 1 aliphatic rings. The number of aliphatic carboxylic acids is 1. The number of nitrogens with zero attached hydrogens (tertiary/aromatic N) is 1. The molecule has 0 spiro atoms. The summed E-state index contributed by atoms with van der Waals surface area (Å²) in [6.07, 6.45) is 0.444. The van der Waals surface area contributed by atoms with Crippen LogP contribution in [-0.4, -0.2) is 42.1 Å². The molecule has 1 atom stereocenters. The van der Waals surface area contributed by atoms with E-state index in [4.69, 9.17) is 9.84 Å². The van der Waals surface area contributed by atoms with Crippen molar-refractivity contribution in [3.05, 3.63) is 29.6 Å². The minimum Gasteiger partial charge on any atom is -0.494 e. The van der Waals surface area contributed by atoms with E-state index in [2.05, 4.69) is 0 Å². The summed E-state index contributed by atoms with van der Waals surface area (Å²) in [5, 5.41) is 8.89. The Morgan fingerprint density at radius 1 is 1.47 bits per heavy atom. The lowest BCUT2D eigenvalue weighted by Gasteiger charge is -2.16. The Kier molecular flexibility index (Phi) is 3.69. The molecule has 0 aliphatic carbocycles. The molecular weight excluding hydrogens is 253 g/mol. The van der Waals surface area contributed by atoms with E-state index in [1.54, 1.807) is 0 Å². The van der Waals surface area contributed by atoms with E-state index >= 15 is 0 Å². The van der Waals surface area contributed by atoms with Crippen molar-refractivity contribution >= 4 is 11.9 Å². The molecular formula is C13H14FNO4. The monoisotopic (exact) mass is 267 g/mol. The van der Waals surface area contributed by atoms with Gasteiger partial charge in [-0.3, -0.25) is 9.59 Å². The average Bonchev–Trinajstić information content (AvgIpc) is 2.88. The predicted octanol–water partition coefficient (Wildman–Crippen LogP) is 1.38. The molecule has 1 aromatic carbocycles. The van der Waals surface area contributed by atoms with Gasteiger partial charge in [-0.2, -0.15) is 0 Å². The number of halogens is 1. The van der Waals surface area contributed by atoms with Crippen LogP contribution in [0.4, 0.5) is 4.39 Å². The molecule has 1 aromatic rings. The first-order valence-electron chi connectivity index (χ1n) is 5.88. The lowest BCUT2D eigenvalue weighted by atomic mass is 10.1. The predicted molar refractivity (Wildman–Crippen MR) is 64.6 cm³/mol. The second-order valence-corrected chi connectivity index (χ2v) is 4.42. The largest absolute Gasteiger partial charge is 0.494 e. The molecule has 0 saturated carbocycles. The molecule has 1 heterocycles. The zero-order valence-electron chi connectivity index (χ0n) is 10.4. The fraction of sp³-hybridized carbons (Fsp3) is 0.385. The minimum absolute atomic E-state index is 0.000156. The third kappa shape index (κ3) is 2.67. The van der Waals surface area contributed by atoms with E-state index in [1.165, 1.54) is 24.1 Å². The summed E-state index contributed by atoms with van der Waals surface area (Å²) in [7, 11) is 1.32. The lowest BCUT2D eigenvalue weighted by molar-refractivity contribution is -0.141. The maximum atomic E-state index is 13.3. The van der Waals surface area contributed by atoms with Crippen LogP contribution >= 0.6 is 0 Å². The molecule has 1 fully saturated rings. The third-order valence-electron chi connectivity index (χ3n) is 3.22. The molecule has 1 saturated heterocycles. The van der Waals surface area contributed by atoms with E-state index in [1.807, 2.05) is 0 Å². The first-order chi connectivity index (χ1) is 9.02. The fourth-order valence-corrected chi connectivity index (χ4v) is 2.12. The molecule has 2 rings (SSSR count). The van der Waals surface area contributed by atoms with Crippen LogP contribution in [0.5, 0.6) is 5.75 Å². The van der Waals surface area contributed by atoms with E-state index in [0.29, 0.717) is 18.5 Å². The van der Waals surface area contributed by atoms with Gasteiger partial charge in [-0.1, -0.05) is 0 Å². The highest BCUT2D eigenvalue weighted by molar-refractivity contribution is 5.95. The highest BCUT2D eigenvalue weighted by Crippen LogP contribution is 2.22. The Labute approximate surface area is 109 Å². The van der Waals surface area contributed by atoms with E-state index in [0.717, 1.165) is 6.07 Å². The smallest absolute Gasteiger partial charge is 0.308 e. The summed E-state index contributed by atoms with van der Waals surface area (Å²) in [5.74, 6) is -2.26. The highest BCUT2D eigenvalue weighted by Gasteiger charge is 2.31. The number of carboxylic acids is 1. The van der Waals surface area contributed by atoms with Gasteiger partial charge in [-0.25, -0.2) is 4.39 Å². The molecule has 6 heteroatoms. The Morgan fingerprint density at radius 3 is 2.79 bits per heavy atom. The molecule has 0 bridgehead atoms. The normalized spacial score (nSPS) is 18.4. The summed E-state index contributed by atoms with van der Waals surface area (Å²) in [5.41, 5.74) is 0.296. The van der Waals surface area contributed by atoms with Gasteiger partial charge in [-0.05, 0) is 24.6 Å². The lowest BCUT2D eigenvalue weighted by Crippen LogP contribution is -2.29. The number of carbonyl (C=O) groups excluding carboxylic acids is 1. The Balaban J connectivity index is 2.14. The molecule has 0 radical (unpaired) electrons. The number of carboxylic acid groups (broad SMARTS) is 1. The molecule has 1 aliphatic heterocycles. The summed E-state index contributed by atoms with van der Waals surface area (Å²) in [4.78, 5) is 24.5. The molecule has 19 heavy (non-hydrogen) atoms. The number of carbonyl (C=O) groups is 2. The number of hydrogen-bond acceptors (Lipinski definition) is 3. The minimum atomic E-state index is -0.896. The summed E-state index contributed by atoms with van der Waals surface area (Å²) in [6, 6.07) is 3.86. The molecule has 0 aromatic heterocycles. The fourth-order valence-electron chi connectivity index (χ4n) is 2.12. The Bertz CT molecular complexity index is 517. The van der Waals surface area contributed by atoms with Crippen LogP contribution in [0.1, 0.15) is 16.8 Å². The van der Waals surface area contributed by atoms with Crippen molar-refractivity contribution in [1.29, 1.82) is 0 Å². The number of methoxy groups -OCH3 is 1. The molecule has 1 unspecified atom stereocenters. The number of likely N-dealkylation sites (tertiary alicyclic amines) is 1. The van der Waals surface area contributed by atoms with Crippen LogP contribution in [-0.2, 0) is 4.79 Å². The van der Waals surface area contributed by atoms with Crippen LogP contribution in [0.2, 0.25) is 0 Å². The van der Waals surface area contributed by atoms with Gasteiger partial charge < -0.3 is 14.7 Å². The maximum Gasteiger partial charge on any atom is 0.308 e. The van der Waals surface area contributed by atoms with Crippen molar-refractivity contribution in [3.63, 3.8) is 0 Å². The van der Waals surface area contributed by atoms with Crippen molar-refractivity contribution in [3.8, 4) is 5.75 Å². The van der Waals surface area contributed by atoms with Crippen molar-refractivity contribution in [1.82, 2.24) is 4.90 Å². The molecule has 1 amide bonds. The quantitative estimate of drug-likeness (QED) is 0.898. The topological polar surface area (TPSA) is 66.8 Å². The number of hydrogen-bond donors (Lipinski definition) is 1. The number of rotatable bonds is 3. The van der Waals surface area contributed by atoms with Crippen molar-refractivity contribution in [2.24, 2.45) is 5.92 Å². The van der Waals surface area contributed by atoms with Crippen LogP contribution in [0.3, 0.4) is 0 Å². The van der Waals surface area contributed by atoms with E-state index in [9.17, 15) is 14.0 Å². The van der Waals surface area contributed by atoms with Gasteiger partial charge in [-0.15, -0.1) is 0 Å². The number of amides is 1. The Hall–Kier alpha value is -2.11. The van der Waals surface area contributed by atoms with Gasteiger partial charge in [0, 0.05) is 18.7 Å². The van der Waals surface area contributed by atoms with Crippen LogP contribution in [0, 0.1) is 11.7 Å². The van der Waals surface area contributed by atoms with Gasteiger partial charge >= 0.3 is 5.97 Å². The molecule has 5 nitrogen and oxygen atoms in total. The summed E-state index contributed by atoms with van der Waals surface area (Å²) >= 11 is 0. The molecule has 1 N–H and O–H groups in total. The van der Waals surface area contributed by atoms with Crippen LogP contribution in [0.15, 0.2) is 18.2 Å². The van der Waals surface area contributed by atoms with Gasteiger partial charge in [0.25, 0.3) is 5.91 Å².